The number of phenols is 1. The minimum atomic E-state index is -0.575. The van der Waals surface area contributed by atoms with Crippen LogP contribution in [-0.4, -0.2) is 35.8 Å². The third-order valence-electron chi connectivity index (χ3n) is 3.76. The van der Waals surface area contributed by atoms with Gasteiger partial charge in [0.05, 0.1) is 6.42 Å². The van der Waals surface area contributed by atoms with Crippen molar-refractivity contribution < 1.29 is 23.8 Å². The van der Waals surface area contributed by atoms with E-state index in [1.54, 1.807) is 26.8 Å². The molecule has 3 N–H and O–H groups in total. The van der Waals surface area contributed by atoms with Crippen molar-refractivity contribution in [3.63, 3.8) is 0 Å². The third-order valence-corrected chi connectivity index (χ3v) is 3.76. The zero-order valence-electron chi connectivity index (χ0n) is 16.3. The predicted molar refractivity (Wildman–Crippen MR) is 104 cm³/mol. The van der Waals surface area contributed by atoms with Crippen LogP contribution in [0.25, 0.3) is 11.0 Å². The Balaban J connectivity index is 1.76. The molecule has 8 nitrogen and oxygen atoms in total. The molecule has 0 bridgehead atoms. The molecule has 1 aromatic heterocycles. The van der Waals surface area contributed by atoms with E-state index in [0.29, 0.717) is 36.9 Å². The second kappa shape index (κ2) is 9.25. The topological polar surface area (TPSA) is 118 Å². The van der Waals surface area contributed by atoms with Crippen LogP contribution in [0.5, 0.6) is 5.75 Å². The number of hydrogen-bond acceptors (Lipinski definition) is 6. The number of nitrogens with one attached hydrogen (secondary N) is 2. The minimum absolute atomic E-state index is 0.0164. The van der Waals surface area contributed by atoms with Gasteiger partial charge in [0, 0.05) is 30.6 Å². The molecule has 2 rings (SSSR count). The van der Waals surface area contributed by atoms with E-state index >= 15 is 0 Å². The molecular formula is C20H26N2O6. The zero-order valence-corrected chi connectivity index (χ0v) is 16.3. The molecule has 152 valence electrons. The van der Waals surface area contributed by atoms with E-state index in [1.165, 1.54) is 18.2 Å². The summed E-state index contributed by atoms with van der Waals surface area (Å²) in [6.07, 6.45) is 0.949. The van der Waals surface area contributed by atoms with Crippen LogP contribution in [0.3, 0.4) is 0 Å². The predicted octanol–water partition coefficient (Wildman–Crippen LogP) is 2.46. The number of alkyl carbamates (subject to hydrolysis) is 1. The van der Waals surface area contributed by atoms with Crippen LogP contribution in [0, 0.1) is 0 Å². The van der Waals surface area contributed by atoms with Crippen LogP contribution in [0.4, 0.5) is 4.79 Å². The maximum Gasteiger partial charge on any atom is 0.407 e. The Hall–Kier alpha value is -3.03. The maximum atomic E-state index is 12.1. The van der Waals surface area contributed by atoms with E-state index < -0.39 is 17.3 Å². The number of rotatable bonds is 7. The summed E-state index contributed by atoms with van der Waals surface area (Å²) in [5.74, 6) is -0.239. The van der Waals surface area contributed by atoms with Crippen molar-refractivity contribution >= 4 is 23.0 Å². The standard InChI is InChI=1S/C20H26N2O6/c1-20(2,3)28-19(26)22-9-5-4-8-21-17(24)10-13-11-18(25)27-16-12-14(23)6-7-15(13)16/h6-7,11-12,23H,4-5,8-10H2,1-3H3,(H,21,24)(H,22,26). The molecular weight excluding hydrogens is 364 g/mol. The molecule has 0 unspecified atom stereocenters. The van der Waals surface area contributed by atoms with Crippen molar-refractivity contribution in [2.75, 3.05) is 13.1 Å². The van der Waals surface area contributed by atoms with Crippen molar-refractivity contribution in [2.45, 2.75) is 45.6 Å². The fourth-order valence-electron chi connectivity index (χ4n) is 2.58. The first-order valence-corrected chi connectivity index (χ1v) is 9.13. The molecule has 0 saturated heterocycles. The van der Waals surface area contributed by atoms with Gasteiger partial charge in [-0.15, -0.1) is 0 Å². The van der Waals surface area contributed by atoms with E-state index in [0.717, 1.165) is 0 Å². The minimum Gasteiger partial charge on any atom is -0.508 e. The van der Waals surface area contributed by atoms with Crippen molar-refractivity contribution in [3.8, 4) is 5.75 Å². The average molecular weight is 390 g/mol. The number of amides is 2. The quantitative estimate of drug-likeness (QED) is 0.494. The summed E-state index contributed by atoms with van der Waals surface area (Å²) < 4.78 is 10.2. The number of carbonyl (C=O) groups excluding carboxylic acids is 2. The van der Waals surface area contributed by atoms with Crippen molar-refractivity contribution in [2.24, 2.45) is 0 Å². The summed E-state index contributed by atoms with van der Waals surface area (Å²) in [6, 6.07) is 5.71. The largest absolute Gasteiger partial charge is 0.508 e. The highest BCUT2D eigenvalue weighted by atomic mass is 16.6. The van der Waals surface area contributed by atoms with Crippen LogP contribution < -0.4 is 16.3 Å². The molecule has 0 aliphatic heterocycles. The van der Waals surface area contributed by atoms with Crippen molar-refractivity contribution in [3.05, 3.63) is 40.2 Å². The lowest BCUT2D eigenvalue weighted by Gasteiger charge is -2.19. The van der Waals surface area contributed by atoms with E-state index in [4.69, 9.17) is 9.15 Å². The molecule has 2 amide bonds. The molecule has 0 radical (unpaired) electrons. The highest BCUT2D eigenvalue weighted by Crippen LogP contribution is 2.22. The number of aromatic hydroxyl groups is 1. The molecule has 0 saturated carbocycles. The molecule has 1 heterocycles. The maximum absolute atomic E-state index is 12.1. The van der Waals surface area contributed by atoms with E-state index in [9.17, 15) is 19.5 Å². The highest BCUT2D eigenvalue weighted by Gasteiger charge is 2.15. The van der Waals surface area contributed by atoms with Gasteiger partial charge in [0.15, 0.2) is 0 Å². The third kappa shape index (κ3) is 6.94. The molecule has 8 heteroatoms. The number of benzene rings is 1. The lowest BCUT2D eigenvalue weighted by Crippen LogP contribution is -2.33. The normalized spacial score (nSPS) is 11.2. The molecule has 0 spiro atoms. The first kappa shape index (κ1) is 21.3. The Morgan fingerprint density at radius 2 is 1.79 bits per heavy atom. The molecule has 2 aromatic rings. The number of ether oxygens (including phenoxy) is 1. The summed E-state index contributed by atoms with van der Waals surface area (Å²) in [6.45, 7) is 6.30. The molecule has 0 aliphatic carbocycles. The van der Waals surface area contributed by atoms with Gasteiger partial charge in [-0.3, -0.25) is 4.79 Å². The van der Waals surface area contributed by atoms with Crippen molar-refractivity contribution in [1.29, 1.82) is 0 Å². The Labute approximate surface area is 162 Å². The van der Waals surface area contributed by atoms with Gasteiger partial charge in [-0.25, -0.2) is 9.59 Å². The summed E-state index contributed by atoms with van der Waals surface area (Å²) in [5, 5.41) is 15.5. The lowest BCUT2D eigenvalue weighted by molar-refractivity contribution is -0.120. The number of phenolic OH excluding ortho intramolecular Hbond substituents is 1. The zero-order chi connectivity index (χ0) is 20.7. The van der Waals surface area contributed by atoms with E-state index in [1.807, 2.05) is 0 Å². The first-order chi connectivity index (χ1) is 13.1. The van der Waals surface area contributed by atoms with Gasteiger partial charge in [0.2, 0.25) is 5.91 Å². The molecule has 0 atom stereocenters. The summed E-state index contributed by atoms with van der Waals surface area (Å²) in [5.41, 5.74) is -0.330. The lowest BCUT2D eigenvalue weighted by atomic mass is 10.1. The number of fused-ring (bicyclic) bond motifs is 1. The van der Waals surface area contributed by atoms with E-state index in [-0.39, 0.29) is 23.7 Å². The van der Waals surface area contributed by atoms with Crippen LogP contribution in [0.15, 0.2) is 33.5 Å². The highest BCUT2D eigenvalue weighted by molar-refractivity contribution is 5.87. The van der Waals surface area contributed by atoms with Gasteiger partial charge in [-0.2, -0.15) is 0 Å². The molecule has 1 aromatic carbocycles. The Morgan fingerprint density at radius 3 is 2.46 bits per heavy atom. The molecule has 0 aliphatic rings. The molecule has 28 heavy (non-hydrogen) atoms. The van der Waals surface area contributed by atoms with Gasteiger partial charge in [0.1, 0.15) is 16.9 Å². The second-order valence-corrected chi connectivity index (χ2v) is 7.43. The fourth-order valence-corrected chi connectivity index (χ4v) is 2.58. The van der Waals surface area contributed by atoms with Gasteiger partial charge in [-0.05, 0) is 51.3 Å². The Morgan fingerprint density at radius 1 is 1.11 bits per heavy atom. The monoisotopic (exact) mass is 390 g/mol. The van der Waals surface area contributed by atoms with Crippen LogP contribution >= 0.6 is 0 Å². The van der Waals surface area contributed by atoms with Crippen LogP contribution in [0.2, 0.25) is 0 Å². The number of carbonyl (C=O) groups is 2. The SMILES string of the molecule is CC(C)(C)OC(=O)NCCCCNC(=O)Cc1cc(=O)oc2cc(O)ccc12. The number of unbranched alkanes of at least 4 members (excludes halogenated alkanes) is 1. The van der Waals surface area contributed by atoms with Gasteiger partial charge in [-0.1, -0.05) is 0 Å². The summed E-state index contributed by atoms with van der Waals surface area (Å²) in [4.78, 5) is 35.3. The number of hydrogen-bond donors (Lipinski definition) is 3. The van der Waals surface area contributed by atoms with Gasteiger partial charge < -0.3 is 24.9 Å². The first-order valence-electron chi connectivity index (χ1n) is 9.13. The summed E-state index contributed by atoms with van der Waals surface area (Å²) in [7, 11) is 0. The molecule has 0 fully saturated rings. The van der Waals surface area contributed by atoms with Gasteiger partial charge in [0.25, 0.3) is 0 Å². The smallest absolute Gasteiger partial charge is 0.407 e. The van der Waals surface area contributed by atoms with Gasteiger partial charge >= 0.3 is 11.7 Å². The Bertz CT molecular complexity index is 898. The average Bonchev–Trinajstić information content (AvgIpc) is 2.55. The van der Waals surface area contributed by atoms with Crippen LogP contribution in [-0.2, 0) is 16.0 Å². The second-order valence-electron chi connectivity index (χ2n) is 7.43. The Kier molecular flexibility index (Phi) is 7.03. The van der Waals surface area contributed by atoms with E-state index in [2.05, 4.69) is 10.6 Å². The summed E-state index contributed by atoms with van der Waals surface area (Å²) >= 11 is 0. The van der Waals surface area contributed by atoms with Crippen LogP contribution in [0.1, 0.15) is 39.2 Å². The van der Waals surface area contributed by atoms with Crippen molar-refractivity contribution in [1.82, 2.24) is 10.6 Å². The fraction of sp³-hybridized carbons (Fsp3) is 0.450.